The molecule has 0 atom stereocenters. The number of H-pyrrole nitrogens is 1. The van der Waals surface area contributed by atoms with Crippen LogP contribution < -0.4 is 0 Å². The molecule has 0 aliphatic heterocycles. The van der Waals surface area contributed by atoms with Crippen LogP contribution >= 0.6 is 24.8 Å². The van der Waals surface area contributed by atoms with E-state index in [1.54, 1.807) is 0 Å². The smallest absolute Gasteiger partial charge is 0.188 e. The Morgan fingerprint density at radius 1 is 1.35 bits per heavy atom. The van der Waals surface area contributed by atoms with Gasteiger partial charge >= 0.3 is 0 Å². The van der Waals surface area contributed by atoms with Crippen LogP contribution in [0.4, 0.5) is 0 Å². The molecule has 1 heterocycles. The number of rotatable bonds is 3. The van der Waals surface area contributed by atoms with E-state index in [2.05, 4.69) is 9.97 Å². The normalized spacial score (nSPS) is 9.24. The summed E-state index contributed by atoms with van der Waals surface area (Å²) >= 11 is 0. The number of aromatic nitrogens is 2. The van der Waals surface area contributed by atoms with Crippen LogP contribution in [0.15, 0.2) is 24.3 Å². The average Bonchev–Trinajstić information content (AvgIpc) is 2.59. The van der Waals surface area contributed by atoms with Crippen molar-refractivity contribution >= 4 is 41.7 Å². The highest BCUT2D eigenvalue weighted by molar-refractivity contribution is 5.85. The van der Waals surface area contributed by atoms with Crippen molar-refractivity contribution in [2.45, 2.75) is 13.3 Å². The maximum Gasteiger partial charge on any atom is 0.188 e. The summed E-state index contributed by atoms with van der Waals surface area (Å²) in [6.07, 6.45) is 0.419. The Morgan fingerprint density at radius 3 is 2.71 bits per heavy atom. The molecule has 1 aromatic carbocycles. The molecule has 0 bridgehead atoms. The van der Waals surface area contributed by atoms with E-state index in [4.69, 9.17) is 10.1 Å². The van der Waals surface area contributed by atoms with Crippen molar-refractivity contribution in [2.24, 2.45) is 0 Å². The lowest BCUT2D eigenvalue weighted by Crippen LogP contribution is -2.07. The molecule has 0 saturated heterocycles. The molecule has 2 aromatic rings. The highest BCUT2D eigenvalue weighted by Crippen LogP contribution is 2.10. The van der Waals surface area contributed by atoms with Crippen molar-refractivity contribution in [1.29, 1.82) is 5.41 Å². The molecule has 0 fully saturated rings. The number of imidazole rings is 1. The topological polar surface area (TPSA) is 61.8 Å². The summed E-state index contributed by atoms with van der Waals surface area (Å²) in [6, 6.07) is 7.81. The molecule has 0 unspecified atom stereocenters. The van der Waals surface area contributed by atoms with Gasteiger partial charge in [-0.25, -0.2) is 4.98 Å². The Balaban J connectivity index is 0.00000128. The molecular formula is C11H15Cl2N3O. The van der Waals surface area contributed by atoms with Crippen molar-refractivity contribution in [1.82, 2.24) is 9.97 Å². The van der Waals surface area contributed by atoms with Gasteiger partial charge in [-0.2, -0.15) is 0 Å². The predicted molar refractivity (Wildman–Crippen MR) is 73.6 cm³/mol. The zero-order valence-corrected chi connectivity index (χ0v) is 11.0. The van der Waals surface area contributed by atoms with Gasteiger partial charge in [-0.05, 0) is 19.1 Å². The van der Waals surface area contributed by atoms with E-state index in [1.165, 1.54) is 0 Å². The van der Waals surface area contributed by atoms with E-state index >= 15 is 0 Å². The van der Waals surface area contributed by atoms with E-state index in [0.29, 0.717) is 13.0 Å². The van der Waals surface area contributed by atoms with E-state index in [-0.39, 0.29) is 30.7 Å². The fraction of sp³-hybridized carbons (Fsp3) is 0.273. The largest absolute Gasteiger partial charge is 0.481 e. The van der Waals surface area contributed by atoms with Gasteiger partial charge < -0.3 is 9.72 Å². The molecule has 6 heteroatoms. The molecule has 2 rings (SSSR count). The quantitative estimate of drug-likeness (QED) is 0.668. The molecule has 0 aliphatic rings. The number of fused-ring (bicyclic) bond motifs is 1. The van der Waals surface area contributed by atoms with Crippen LogP contribution in [0.25, 0.3) is 11.0 Å². The van der Waals surface area contributed by atoms with Gasteiger partial charge in [-0.1, -0.05) is 12.1 Å². The average molecular weight is 276 g/mol. The van der Waals surface area contributed by atoms with Gasteiger partial charge in [-0.3, -0.25) is 5.41 Å². The molecular weight excluding hydrogens is 261 g/mol. The van der Waals surface area contributed by atoms with E-state index in [9.17, 15) is 0 Å². The second kappa shape index (κ2) is 7.14. The third-order valence-corrected chi connectivity index (χ3v) is 2.08. The molecule has 0 aliphatic carbocycles. The summed E-state index contributed by atoms with van der Waals surface area (Å²) < 4.78 is 5.07. The fourth-order valence-corrected chi connectivity index (χ4v) is 1.47. The van der Waals surface area contributed by atoms with Gasteiger partial charge in [0.25, 0.3) is 0 Å². The predicted octanol–water partition coefficient (Wildman–Crippen LogP) is 2.96. The minimum atomic E-state index is 0. The van der Waals surface area contributed by atoms with Crippen LogP contribution in [0, 0.1) is 5.41 Å². The number of aromatic amines is 1. The third-order valence-electron chi connectivity index (χ3n) is 2.08. The molecule has 94 valence electrons. The van der Waals surface area contributed by atoms with Gasteiger partial charge in [0.1, 0.15) is 5.82 Å². The molecule has 0 radical (unpaired) electrons. The summed E-state index contributed by atoms with van der Waals surface area (Å²) in [5.74, 6) is 1.02. The highest BCUT2D eigenvalue weighted by atomic mass is 35.5. The monoisotopic (exact) mass is 275 g/mol. The Morgan fingerprint density at radius 2 is 2.06 bits per heavy atom. The van der Waals surface area contributed by atoms with Crippen molar-refractivity contribution in [3.05, 3.63) is 30.1 Å². The molecule has 0 saturated carbocycles. The van der Waals surface area contributed by atoms with E-state index in [0.717, 1.165) is 16.9 Å². The van der Waals surface area contributed by atoms with E-state index < -0.39 is 0 Å². The molecule has 0 amide bonds. The minimum Gasteiger partial charge on any atom is -0.481 e. The molecule has 2 N–H and O–H groups in total. The second-order valence-corrected chi connectivity index (χ2v) is 3.23. The summed E-state index contributed by atoms with van der Waals surface area (Å²) in [5.41, 5.74) is 1.92. The lowest BCUT2D eigenvalue weighted by molar-refractivity contribution is 0.316. The van der Waals surface area contributed by atoms with Gasteiger partial charge in [0.15, 0.2) is 5.90 Å². The Bertz CT molecular complexity index is 451. The van der Waals surface area contributed by atoms with E-state index in [1.807, 2.05) is 31.2 Å². The lowest BCUT2D eigenvalue weighted by atomic mass is 10.3. The number of hydrogen-bond acceptors (Lipinski definition) is 3. The number of para-hydroxylation sites is 2. The van der Waals surface area contributed by atoms with Gasteiger partial charge in [-0.15, -0.1) is 24.8 Å². The molecule has 17 heavy (non-hydrogen) atoms. The second-order valence-electron chi connectivity index (χ2n) is 3.23. The first kappa shape index (κ1) is 15.7. The zero-order valence-electron chi connectivity index (χ0n) is 9.40. The van der Waals surface area contributed by atoms with Gasteiger partial charge in [0.05, 0.1) is 24.1 Å². The summed E-state index contributed by atoms with van der Waals surface area (Å²) in [5, 5.41) is 7.52. The van der Waals surface area contributed by atoms with Crippen molar-refractivity contribution < 1.29 is 4.74 Å². The fourth-order valence-electron chi connectivity index (χ4n) is 1.47. The third kappa shape index (κ3) is 3.91. The standard InChI is InChI=1S/C11H13N3O.2ClH/c1-2-15-10(12)7-11-13-8-5-3-4-6-9(8)14-11;;/h3-6,12H,2,7H2,1H3,(H,13,14);2*1H. The van der Waals surface area contributed by atoms with Crippen molar-refractivity contribution in [3.63, 3.8) is 0 Å². The number of ether oxygens (including phenoxy) is 1. The van der Waals surface area contributed by atoms with Crippen LogP contribution in [0.1, 0.15) is 12.7 Å². The van der Waals surface area contributed by atoms with Crippen LogP contribution in [-0.2, 0) is 11.2 Å². The lowest BCUT2D eigenvalue weighted by Gasteiger charge is -2.01. The number of nitrogens with zero attached hydrogens (tertiary/aromatic N) is 1. The Labute approximate surface area is 112 Å². The van der Waals surface area contributed by atoms with Crippen molar-refractivity contribution in [2.75, 3.05) is 6.61 Å². The van der Waals surface area contributed by atoms with Crippen LogP contribution in [0.3, 0.4) is 0 Å². The van der Waals surface area contributed by atoms with Gasteiger partial charge in [0, 0.05) is 0 Å². The first-order valence-electron chi connectivity index (χ1n) is 4.93. The van der Waals surface area contributed by atoms with Gasteiger partial charge in [0.2, 0.25) is 0 Å². The molecule has 0 spiro atoms. The molecule has 4 nitrogen and oxygen atoms in total. The maximum absolute atomic E-state index is 7.52. The molecule has 1 aromatic heterocycles. The zero-order chi connectivity index (χ0) is 10.7. The summed E-state index contributed by atoms with van der Waals surface area (Å²) in [6.45, 7) is 2.40. The summed E-state index contributed by atoms with van der Waals surface area (Å²) in [7, 11) is 0. The Hall–Kier alpha value is -1.26. The SMILES string of the molecule is CCOC(=N)Cc1nc2ccccc2[nH]1.Cl.Cl. The van der Waals surface area contributed by atoms with Crippen LogP contribution in [0.2, 0.25) is 0 Å². The van der Waals surface area contributed by atoms with Crippen LogP contribution in [0.5, 0.6) is 0 Å². The first-order chi connectivity index (χ1) is 7.29. The number of hydrogen-bond donors (Lipinski definition) is 2. The van der Waals surface area contributed by atoms with Crippen LogP contribution in [-0.4, -0.2) is 22.5 Å². The number of nitrogens with one attached hydrogen (secondary N) is 2. The number of halogens is 2. The first-order valence-corrected chi connectivity index (χ1v) is 4.93. The maximum atomic E-state index is 7.52. The highest BCUT2D eigenvalue weighted by Gasteiger charge is 2.05. The number of benzene rings is 1. The Kier molecular flexibility index (Phi) is 6.61. The van der Waals surface area contributed by atoms with Crippen molar-refractivity contribution in [3.8, 4) is 0 Å². The minimum absolute atomic E-state index is 0. The summed E-state index contributed by atoms with van der Waals surface area (Å²) in [4.78, 5) is 7.51.